The Hall–Kier alpha value is -2.42. The zero-order chi connectivity index (χ0) is 25.4. The van der Waals surface area contributed by atoms with E-state index in [2.05, 4.69) is 45.6 Å². The summed E-state index contributed by atoms with van der Waals surface area (Å²) in [7, 11) is 1.22. The molecule has 0 amide bonds. The lowest BCUT2D eigenvalue weighted by atomic mass is 9.84. The molecule has 0 fully saturated rings. The van der Waals surface area contributed by atoms with Crippen LogP contribution in [0.25, 0.3) is 11.1 Å². The fraction of sp³-hybridized carbons (Fsp3) is 0.400. The van der Waals surface area contributed by atoms with Crippen molar-refractivity contribution >= 4 is 8.15 Å². The maximum Gasteiger partial charge on any atom is 0.131 e. The zero-order valence-corrected chi connectivity index (χ0v) is 22.8. The van der Waals surface area contributed by atoms with E-state index in [1.165, 1.54) is 11.6 Å². The minimum Gasteiger partial charge on any atom is -0.497 e. The molecular weight excluding hydrogens is 458 g/mol. The average molecular weight is 497 g/mol. The number of rotatable bonds is 11. The number of halogens is 1. The van der Waals surface area contributed by atoms with Crippen LogP contribution in [-0.4, -0.2) is 26.5 Å². The third kappa shape index (κ3) is 8.33. The lowest BCUT2D eigenvalue weighted by Gasteiger charge is -2.22. The molecule has 0 aliphatic carbocycles. The molecule has 0 aliphatic heterocycles. The maximum absolute atomic E-state index is 14.8. The number of benzene rings is 3. The number of methoxy groups -OCH3 is 1. The van der Waals surface area contributed by atoms with E-state index in [0.29, 0.717) is 17.9 Å². The molecule has 3 aromatic rings. The number of hydrogen-bond donors (Lipinski definition) is 0. The van der Waals surface area contributed by atoms with Crippen molar-refractivity contribution in [1.82, 2.24) is 0 Å². The normalized spacial score (nSPS) is 12.4. The minimum absolute atomic E-state index is 0.0536. The Morgan fingerprint density at radius 1 is 0.886 bits per heavy atom. The van der Waals surface area contributed by atoms with E-state index in [9.17, 15) is 4.39 Å². The molecule has 0 bridgehead atoms. The van der Waals surface area contributed by atoms with Crippen molar-refractivity contribution in [3.8, 4) is 22.6 Å². The minimum atomic E-state index is -0.377. The number of hydrogen-bond acceptors (Lipinski definition) is 3. The van der Waals surface area contributed by atoms with Crippen LogP contribution in [-0.2, 0) is 24.0 Å². The Bertz CT molecular complexity index is 1110. The van der Waals surface area contributed by atoms with E-state index in [4.69, 9.17) is 14.0 Å². The Morgan fingerprint density at radius 3 is 2.40 bits per heavy atom. The van der Waals surface area contributed by atoms with Crippen molar-refractivity contribution in [3.63, 3.8) is 0 Å². The first-order chi connectivity index (χ1) is 16.7. The second kappa shape index (κ2) is 12.5. The van der Waals surface area contributed by atoms with E-state index in [0.717, 1.165) is 48.1 Å². The standard InChI is InChI=1S/C30H38FO3P/c1-7-34-35(6)16-15-22-9-8-10-26(18-22)33-21-23-11-13-27(24(17-23)20-30(2,3)4)28-19-25(32-5)12-14-29(28)31/h8-14,17-19H,7,15-16,20-21H2,1-6H3. The molecule has 0 spiro atoms. The van der Waals surface area contributed by atoms with Gasteiger partial charge >= 0.3 is 0 Å². The lowest BCUT2D eigenvalue weighted by molar-refractivity contribution is 0.305. The molecule has 5 heteroatoms. The molecule has 0 heterocycles. The lowest BCUT2D eigenvalue weighted by Crippen LogP contribution is -2.11. The number of ether oxygens (including phenoxy) is 2. The van der Waals surface area contributed by atoms with E-state index in [1.54, 1.807) is 19.2 Å². The van der Waals surface area contributed by atoms with Gasteiger partial charge < -0.3 is 14.0 Å². The van der Waals surface area contributed by atoms with Gasteiger partial charge in [-0.25, -0.2) is 4.39 Å². The van der Waals surface area contributed by atoms with Crippen LogP contribution in [0.3, 0.4) is 0 Å². The van der Waals surface area contributed by atoms with Crippen molar-refractivity contribution in [2.24, 2.45) is 5.41 Å². The Balaban J connectivity index is 1.79. The van der Waals surface area contributed by atoms with Gasteiger partial charge in [-0.3, -0.25) is 0 Å². The predicted molar refractivity (Wildman–Crippen MR) is 145 cm³/mol. The van der Waals surface area contributed by atoms with Gasteiger partial charge in [-0.15, -0.1) is 0 Å². The molecule has 1 atom stereocenters. The molecule has 0 radical (unpaired) electrons. The van der Waals surface area contributed by atoms with Crippen molar-refractivity contribution in [2.75, 3.05) is 26.5 Å². The van der Waals surface area contributed by atoms with Crippen LogP contribution in [0.15, 0.2) is 60.7 Å². The summed E-state index contributed by atoms with van der Waals surface area (Å²) in [6.45, 7) is 12.0. The summed E-state index contributed by atoms with van der Waals surface area (Å²) < 4.78 is 32.0. The summed E-state index contributed by atoms with van der Waals surface area (Å²) in [5.41, 5.74) is 4.94. The molecule has 0 aliphatic rings. The second-order valence-electron chi connectivity index (χ2n) is 10.0. The molecular formula is C30H38FO3P. The topological polar surface area (TPSA) is 27.7 Å². The molecule has 0 N–H and O–H groups in total. The molecule has 0 aromatic heterocycles. The maximum atomic E-state index is 14.8. The van der Waals surface area contributed by atoms with E-state index in [1.807, 2.05) is 31.2 Å². The first-order valence-electron chi connectivity index (χ1n) is 12.2. The summed E-state index contributed by atoms with van der Waals surface area (Å²) in [5.74, 6) is 1.26. The van der Waals surface area contributed by atoms with Crippen LogP contribution in [0.4, 0.5) is 4.39 Å². The highest BCUT2D eigenvalue weighted by Gasteiger charge is 2.18. The highest BCUT2D eigenvalue weighted by atomic mass is 31.1. The molecule has 0 saturated heterocycles. The molecule has 3 rings (SSSR count). The Kier molecular flexibility index (Phi) is 9.71. The van der Waals surface area contributed by atoms with Crippen molar-refractivity contribution in [1.29, 1.82) is 0 Å². The molecule has 3 nitrogen and oxygen atoms in total. The van der Waals surface area contributed by atoms with Gasteiger partial charge in [0.15, 0.2) is 0 Å². The van der Waals surface area contributed by atoms with Gasteiger partial charge in [0.05, 0.1) is 7.11 Å². The van der Waals surface area contributed by atoms with Gasteiger partial charge in [0, 0.05) is 20.3 Å². The van der Waals surface area contributed by atoms with Crippen LogP contribution in [0.5, 0.6) is 11.5 Å². The Labute approximate surface area is 211 Å². The van der Waals surface area contributed by atoms with Crippen molar-refractivity contribution in [2.45, 2.75) is 47.1 Å². The van der Waals surface area contributed by atoms with Gasteiger partial charge in [-0.1, -0.05) is 51.1 Å². The van der Waals surface area contributed by atoms with Crippen LogP contribution >= 0.6 is 8.15 Å². The Morgan fingerprint density at radius 2 is 1.69 bits per heavy atom. The van der Waals surface area contributed by atoms with Crippen LogP contribution in [0, 0.1) is 11.2 Å². The first-order valence-corrected chi connectivity index (χ1v) is 14.1. The van der Waals surface area contributed by atoms with E-state index in [-0.39, 0.29) is 19.4 Å². The first kappa shape index (κ1) is 27.2. The summed E-state index contributed by atoms with van der Waals surface area (Å²) in [6, 6.07) is 19.4. The zero-order valence-electron chi connectivity index (χ0n) is 21.9. The van der Waals surface area contributed by atoms with E-state index < -0.39 is 0 Å². The van der Waals surface area contributed by atoms with Crippen LogP contribution in [0.2, 0.25) is 0 Å². The average Bonchev–Trinajstić information content (AvgIpc) is 2.82. The van der Waals surface area contributed by atoms with E-state index >= 15 is 0 Å². The van der Waals surface area contributed by atoms with Gasteiger partial charge in [0.25, 0.3) is 0 Å². The molecule has 35 heavy (non-hydrogen) atoms. The summed E-state index contributed by atoms with van der Waals surface area (Å²) in [6.07, 6.45) is 2.85. The summed E-state index contributed by atoms with van der Waals surface area (Å²) in [5, 5.41) is 0. The summed E-state index contributed by atoms with van der Waals surface area (Å²) >= 11 is 0. The van der Waals surface area contributed by atoms with Crippen molar-refractivity contribution < 1.29 is 18.4 Å². The van der Waals surface area contributed by atoms with Gasteiger partial charge in [-0.05, 0) is 90.6 Å². The van der Waals surface area contributed by atoms with Crippen LogP contribution in [0.1, 0.15) is 44.4 Å². The largest absolute Gasteiger partial charge is 0.497 e. The van der Waals surface area contributed by atoms with Gasteiger partial charge in [0.1, 0.15) is 23.9 Å². The molecule has 188 valence electrons. The van der Waals surface area contributed by atoms with Crippen LogP contribution < -0.4 is 9.47 Å². The highest BCUT2D eigenvalue weighted by Crippen LogP contribution is 2.35. The molecule has 0 saturated carbocycles. The molecule has 3 aromatic carbocycles. The second-order valence-corrected chi connectivity index (χ2v) is 12.0. The fourth-order valence-corrected chi connectivity index (χ4v) is 5.23. The number of aryl methyl sites for hydroxylation is 1. The quantitative estimate of drug-likeness (QED) is 0.250. The van der Waals surface area contributed by atoms with Gasteiger partial charge in [0.2, 0.25) is 0 Å². The summed E-state index contributed by atoms with van der Waals surface area (Å²) in [4.78, 5) is 0. The molecule has 1 unspecified atom stereocenters. The third-order valence-electron chi connectivity index (χ3n) is 5.72. The highest BCUT2D eigenvalue weighted by molar-refractivity contribution is 7.51. The van der Waals surface area contributed by atoms with Crippen molar-refractivity contribution in [3.05, 3.63) is 83.2 Å². The van der Waals surface area contributed by atoms with Gasteiger partial charge in [-0.2, -0.15) is 0 Å². The SMILES string of the molecule is CCOP(C)CCc1cccc(OCc2ccc(-c3cc(OC)ccc3F)c(CC(C)(C)C)c2)c1. The smallest absolute Gasteiger partial charge is 0.131 e. The monoisotopic (exact) mass is 496 g/mol. The third-order valence-corrected chi connectivity index (χ3v) is 7.28. The predicted octanol–water partition coefficient (Wildman–Crippen LogP) is 8.27. The fourth-order valence-electron chi connectivity index (χ4n) is 4.08.